The van der Waals surface area contributed by atoms with E-state index in [1.165, 1.54) is 23.5 Å². The van der Waals surface area contributed by atoms with Gasteiger partial charge in [0.1, 0.15) is 5.82 Å². The van der Waals surface area contributed by atoms with Gasteiger partial charge in [0.15, 0.2) is 0 Å². The van der Waals surface area contributed by atoms with Crippen LogP contribution in [0.15, 0.2) is 40.8 Å². The molecule has 134 valence electrons. The van der Waals surface area contributed by atoms with Gasteiger partial charge < -0.3 is 9.32 Å². The highest BCUT2D eigenvalue weighted by Crippen LogP contribution is 2.30. The number of halogens is 1. The maximum absolute atomic E-state index is 13.0. The molecule has 0 saturated carbocycles. The zero-order chi connectivity index (χ0) is 18.1. The van der Waals surface area contributed by atoms with Crippen molar-refractivity contribution in [3.05, 3.63) is 57.9 Å². The molecule has 0 aliphatic carbocycles. The normalized spacial score (nSPS) is 15.4. The molecule has 1 fully saturated rings. The van der Waals surface area contributed by atoms with Crippen LogP contribution in [0.1, 0.15) is 39.2 Å². The lowest BCUT2D eigenvalue weighted by Crippen LogP contribution is -2.37. The first-order valence-corrected chi connectivity index (χ1v) is 9.37. The first kappa shape index (κ1) is 16.9. The first-order valence-electron chi connectivity index (χ1n) is 8.55. The molecule has 1 saturated heterocycles. The van der Waals surface area contributed by atoms with Crippen molar-refractivity contribution in [1.29, 1.82) is 0 Å². The van der Waals surface area contributed by atoms with E-state index in [4.69, 9.17) is 4.42 Å². The molecule has 1 aliphatic heterocycles. The van der Waals surface area contributed by atoms with Gasteiger partial charge in [0.25, 0.3) is 5.91 Å². The Morgan fingerprint density at radius 2 is 1.88 bits per heavy atom. The molecule has 0 spiro atoms. The van der Waals surface area contributed by atoms with E-state index in [9.17, 15) is 9.18 Å². The lowest BCUT2D eigenvalue weighted by molar-refractivity contribution is 0.0711. The molecule has 0 atom stereocenters. The van der Waals surface area contributed by atoms with Gasteiger partial charge in [-0.1, -0.05) is 0 Å². The van der Waals surface area contributed by atoms with Gasteiger partial charge in [0.05, 0.1) is 4.88 Å². The fourth-order valence-electron chi connectivity index (χ4n) is 3.14. The Bertz CT molecular complexity index is 911. The molecular formula is C19H18FN3O2S. The molecule has 1 aliphatic rings. The van der Waals surface area contributed by atoms with Crippen LogP contribution in [0.3, 0.4) is 0 Å². The summed E-state index contributed by atoms with van der Waals surface area (Å²) in [7, 11) is 0. The molecule has 26 heavy (non-hydrogen) atoms. The van der Waals surface area contributed by atoms with Crippen molar-refractivity contribution in [3.63, 3.8) is 0 Å². The average Bonchev–Trinajstić information content (AvgIpc) is 3.31. The Morgan fingerprint density at radius 1 is 1.15 bits per heavy atom. The quantitative estimate of drug-likeness (QED) is 0.690. The van der Waals surface area contributed by atoms with Gasteiger partial charge in [-0.25, -0.2) is 4.39 Å². The number of thiophene rings is 1. The summed E-state index contributed by atoms with van der Waals surface area (Å²) in [6, 6.07) is 9.85. The predicted octanol–water partition coefficient (Wildman–Crippen LogP) is 4.27. The fraction of sp³-hybridized carbons (Fsp3) is 0.316. The minimum absolute atomic E-state index is 0.0964. The third-order valence-electron chi connectivity index (χ3n) is 4.61. The van der Waals surface area contributed by atoms with E-state index in [-0.39, 0.29) is 17.6 Å². The van der Waals surface area contributed by atoms with Crippen LogP contribution < -0.4 is 0 Å². The second-order valence-corrected chi connectivity index (χ2v) is 7.72. The second kappa shape index (κ2) is 6.99. The number of carbonyl (C=O) groups excluding carboxylic acids is 1. The van der Waals surface area contributed by atoms with E-state index in [0.717, 1.165) is 22.6 Å². The Hall–Kier alpha value is -2.54. The molecule has 2 aromatic heterocycles. The number of amides is 1. The van der Waals surface area contributed by atoms with E-state index in [1.54, 1.807) is 12.1 Å². The number of carbonyl (C=O) groups is 1. The van der Waals surface area contributed by atoms with Crippen LogP contribution in [0.5, 0.6) is 0 Å². The number of hydrogen-bond acceptors (Lipinski definition) is 5. The lowest BCUT2D eigenvalue weighted by atomic mass is 9.97. The summed E-state index contributed by atoms with van der Waals surface area (Å²) in [5.41, 5.74) is 0.700. The smallest absolute Gasteiger partial charge is 0.263 e. The summed E-state index contributed by atoms with van der Waals surface area (Å²) >= 11 is 1.53. The molecule has 0 bridgehead atoms. The lowest BCUT2D eigenvalue weighted by Gasteiger charge is -2.30. The SMILES string of the molecule is Cc1ccc(C(=O)N2CCC(c3nnc(-c4ccc(F)cc4)o3)CC2)s1. The van der Waals surface area contributed by atoms with Gasteiger partial charge in [0, 0.05) is 29.4 Å². The van der Waals surface area contributed by atoms with Gasteiger partial charge in [-0.3, -0.25) is 4.79 Å². The number of rotatable bonds is 3. The fourth-order valence-corrected chi connectivity index (χ4v) is 3.98. The van der Waals surface area contributed by atoms with Crippen molar-refractivity contribution in [2.45, 2.75) is 25.7 Å². The Labute approximate surface area is 154 Å². The predicted molar refractivity (Wildman–Crippen MR) is 96.6 cm³/mol. The summed E-state index contributed by atoms with van der Waals surface area (Å²) in [4.78, 5) is 16.3. The number of nitrogens with zero attached hydrogens (tertiary/aromatic N) is 3. The molecule has 0 radical (unpaired) electrons. The Morgan fingerprint density at radius 3 is 2.54 bits per heavy atom. The maximum atomic E-state index is 13.0. The van der Waals surface area contributed by atoms with Gasteiger partial charge in [-0.15, -0.1) is 21.5 Å². The maximum Gasteiger partial charge on any atom is 0.263 e. The van der Waals surface area contributed by atoms with Gasteiger partial charge in [-0.05, 0) is 56.2 Å². The molecular weight excluding hydrogens is 353 g/mol. The summed E-state index contributed by atoms with van der Waals surface area (Å²) in [5, 5.41) is 8.24. The van der Waals surface area contributed by atoms with Crippen LogP contribution in [0.25, 0.3) is 11.5 Å². The zero-order valence-corrected chi connectivity index (χ0v) is 15.1. The van der Waals surface area contributed by atoms with Crippen molar-refractivity contribution < 1.29 is 13.6 Å². The van der Waals surface area contributed by atoms with E-state index in [2.05, 4.69) is 10.2 Å². The third kappa shape index (κ3) is 3.39. The van der Waals surface area contributed by atoms with Crippen LogP contribution in [0.2, 0.25) is 0 Å². The minimum atomic E-state index is -0.300. The molecule has 5 nitrogen and oxygen atoms in total. The van der Waals surface area contributed by atoms with E-state index in [1.807, 2.05) is 24.0 Å². The highest BCUT2D eigenvalue weighted by Gasteiger charge is 2.28. The largest absolute Gasteiger partial charge is 0.420 e. The first-order chi connectivity index (χ1) is 12.6. The van der Waals surface area contributed by atoms with Gasteiger partial charge in [0.2, 0.25) is 11.8 Å². The summed E-state index contributed by atoms with van der Waals surface area (Å²) < 4.78 is 18.8. The van der Waals surface area contributed by atoms with Crippen LogP contribution in [-0.4, -0.2) is 34.1 Å². The molecule has 3 aromatic rings. The minimum Gasteiger partial charge on any atom is -0.420 e. The van der Waals surface area contributed by atoms with E-state index >= 15 is 0 Å². The van der Waals surface area contributed by atoms with E-state index in [0.29, 0.717) is 30.4 Å². The molecule has 0 N–H and O–H groups in total. The topological polar surface area (TPSA) is 59.2 Å². The average molecular weight is 371 g/mol. The van der Waals surface area contributed by atoms with E-state index < -0.39 is 0 Å². The van der Waals surface area contributed by atoms with Crippen molar-refractivity contribution in [2.75, 3.05) is 13.1 Å². The number of aromatic nitrogens is 2. The molecule has 1 aromatic carbocycles. The van der Waals surface area contributed by atoms with Gasteiger partial charge in [-0.2, -0.15) is 0 Å². The van der Waals surface area contributed by atoms with Gasteiger partial charge >= 0.3 is 0 Å². The van der Waals surface area contributed by atoms with Crippen LogP contribution >= 0.6 is 11.3 Å². The summed E-state index contributed by atoms with van der Waals surface area (Å²) in [6.45, 7) is 3.35. The third-order valence-corrected chi connectivity index (χ3v) is 5.60. The monoisotopic (exact) mass is 371 g/mol. The Kier molecular flexibility index (Phi) is 4.55. The zero-order valence-electron chi connectivity index (χ0n) is 14.3. The number of likely N-dealkylation sites (tertiary alicyclic amines) is 1. The van der Waals surface area contributed by atoms with Crippen molar-refractivity contribution in [2.24, 2.45) is 0 Å². The van der Waals surface area contributed by atoms with Crippen molar-refractivity contribution >= 4 is 17.2 Å². The Balaban J connectivity index is 1.40. The van der Waals surface area contributed by atoms with Crippen molar-refractivity contribution in [3.8, 4) is 11.5 Å². The summed E-state index contributed by atoms with van der Waals surface area (Å²) in [5.74, 6) is 0.923. The highest BCUT2D eigenvalue weighted by atomic mass is 32.1. The molecule has 3 heterocycles. The standard InChI is InChI=1S/C19H18FN3O2S/c1-12-2-7-16(26-12)19(24)23-10-8-14(9-11-23)18-22-21-17(25-18)13-3-5-15(20)6-4-13/h2-7,14H,8-11H2,1H3. The van der Waals surface area contributed by atoms with Crippen LogP contribution in [0, 0.1) is 12.7 Å². The number of hydrogen-bond donors (Lipinski definition) is 0. The molecule has 0 unspecified atom stereocenters. The summed E-state index contributed by atoms with van der Waals surface area (Å²) in [6.07, 6.45) is 1.59. The molecule has 4 rings (SSSR count). The number of benzene rings is 1. The second-order valence-electron chi connectivity index (χ2n) is 6.43. The van der Waals surface area contributed by atoms with Crippen LogP contribution in [-0.2, 0) is 0 Å². The molecule has 1 amide bonds. The number of aryl methyl sites for hydroxylation is 1. The van der Waals surface area contributed by atoms with Crippen LogP contribution in [0.4, 0.5) is 4.39 Å². The van der Waals surface area contributed by atoms with Crippen molar-refractivity contribution in [1.82, 2.24) is 15.1 Å². The number of piperidine rings is 1. The molecule has 7 heteroatoms. The highest BCUT2D eigenvalue weighted by molar-refractivity contribution is 7.13.